The maximum Gasteiger partial charge on any atom is 0.435 e. The normalized spacial score (nSPS) is 16.6. The van der Waals surface area contributed by atoms with Crippen LogP contribution in [0, 0.1) is 0 Å². The second kappa shape index (κ2) is 8.22. The number of aromatic nitrogens is 2. The molecule has 0 spiro atoms. The minimum Gasteiger partial charge on any atom is -0.332 e. The lowest BCUT2D eigenvalue weighted by atomic mass is 10.0. The molecular weight excluding hydrogens is 400 g/mol. The highest BCUT2D eigenvalue weighted by molar-refractivity contribution is 5.92. The molecule has 1 aromatic heterocycles. The fourth-order valence-corrected chi connectivity index (χ4v) is 4.04. The molecule has 9 heteroatoms. The lowest BCUT2D eigenvalue weighted by Crippen LogP contribution is -2.38. The van der Waals surface area contributed by atoms with Gasteiger partial charge in [-0.2, -0.15) is 18.3 Å². The zero-order chi connectivity index (χ0) is 21.3. The van der Waals surface area contributed by atoms with Crippen LogP contribution in [0.15, 0.2) is 30.3 Å². The van der Waals surface area contributed by atoms with E-state index in [-0.39, 0.29) is 18.1 Å². The van der Waals surface area contributed by atoms with Crippen molar-refractivity contribution in [1.29, 1.82) is 0 Å². The number of amides is 1. The van der Waals surface area contributed by atoms with Crippen molar-refractivity contribution < 1.29 is 22.4 Å². The average Bonchev–Trinajstić information content (AvgIpc) is 3.45. The fraction of sp³-hybridized carbons (Fsp3) is 0.429. The first-order valence-electron chi connectivity index (χ1n) is 9.94. The van der Waals surface area contributed by atoms with Crippen LogP contribution in [0.5, 0.6) is 0 Å². The molecular formula is C21H22F4N4O. The van der Waals surface area contributed by atoms with Gasteiger partial charge >= 0.3 is 6.18 Å². The second-order valence-electron chi connectivity index (χ2n) is 7.65. The molecule has 0 radical (unpaired) electrons. The molecule has 4 rings (SSSR count). The van der Waals surface area contributed by atoms with Crippen LogP contribution in [0.4, 0.5) is 17.6 Å². The van der Waals surface area contributed by atoms with Gasteiger partial charge in [0.25, 0.3) is 5.91 Å². The van der Waals surface area contributed by atoms with Crippen molar-refractivity contribution in [3.63, 3.8) is 0 Å². The Labute approximate surface area is 171 Å². The molecule has 1 N–H and O–H groups in total. The van der Waals surface area contributed by atoms with E-state index in [0.29, 0.717) is 30.6 Å². The third-order valence-electron chi connectivity index (χ3n) is 5.61. The van der Waals surface area contributed by atoms with Crippen molar-refractivity contribution >= 4 is 11.7 Å². The average molecular weight is 422 g/mol. The van der Waals surface area contributed by atoms with E-state index in [1.165, 1.54) is 11.0 Å². The molecule has 30 heavy (non-hydrogen) atoms. The van der Waals surface area contributed by atoms with Gasteiger partial charge in [0.05, 0.1) is 0 Å². The highest BCUT2D eigenvalue weighted by atomic mass is 19.4. The molecule has 1 amide bonds. The Kier molecular flexibility index (Phi) is 5.64. The van der Waals surface area contributed by atoms with Gasteiger partial charge in [-0.05, 0) is 49.6 Å². The molecule has 1 fully saturated rings. The van der Waals surface area contributed by atoms with Crippen LogP contribution in [0.1, 0.15) is 45.7 Å². The SMILES string of the molecule is O=C(c1cc(C(F)(F)F)n[nH]1)N(CCN1CCCC1)Cc1cccc2c1C(F)=CC2. The fourth-order valence-electron chi connectivity index (χ4n) is 4.04. The van der Waals surface area contributed by atoms with Gasteiger partial charge in [-0.3, -0.25) is 9.89 Å². The maximum absolute atomic E-state index is 14.3. The molecule has 2 aromatic rings. The van der Waals surface area contributed by atoms with Crippen LogP contribution in [-0.4, -0.2) is 52.1 Å². The van der Waals surface area contributed by atoms with E-state index in [9.17, 15) is 22.4 Å². The smallest absolute Gasteiger partial charge is 0.332 e. The van der Waals surface area contributed by atoms with E-state index in [4.69, 9.17) is 0 Å². The standard InChI is InChI=1S/C21H22F4N4O/c22-16-7-6-14-4-3-5-15(19(14)16)13-29(11-10-28-8-1-2-9-28)20(30)17-12-18(27-26-17)21(23,24)25/h3-5,7,12H,1-2,6,8-11,13H2,(H,26,27). The van der Waals surface area contributed by atoms with Crippen LogP contribution in [0.25, 0.3) is 5.83 Å². The van der Waals surface area contributed by atoms with Crippen LogP contribution in [0.3, 0.4) is 0 Å². The summed E-state index contributed by atoms with van der Waals surface area (Å²) in [5, 5.41) is 5.44. The van der Waals surface area contributed by atoms with Gasteiger partial charge in [-0.15, -0.1) is 0 Å². The van der Waals surface area contributed by atoms with E-state index >= 15 is 0 Å². The zero-order valence-electron chi connectivity index (χ0n) is 16.3. The number of fused-ring (bicyclic) bond motifs is 1. The van der Waals surface area contributed by atoms with Crippen molar-refractivity contribution in [1.82, 2.24) is 20.0 Å². The van der Waals surface area contributed by atoms with Gasteiger partial charge < -0.3 is 9.80 Å². The summed E-state index contributed by atoms with van der Waals surface area (Å²) in [7, 11) is 0. The molecule has 0 unspecified atom stereocenters. The van der Waals surface area contributed by atoms with E-state index in [1.807, 2.05) is 12.1 Å². The molecule has 0 bridgehead atoms. The number of benzene rings is 1. The Bertz CT molecular complexity index is 960. The summed E-state index contributed by atoms with van der Waals surface area (Å²) < 4.78 is 53.0. The first-order valence-corrected chi connectivity index (χ1v) is 9.94. The summed E-state index contributed by atoms with van der Waals surface area (Å²) >= 11 is 0. The molecule has 160 valence electrons. The van der Waals surface area contributed by atoms with Crippen molar-refractivity contribution in [3.05, 3.63) is 58.4 Å². The Morgan fingerprint density at radius 3 is 2.70 bits per heavy atom. The maximum atomic E-state index is 14.3. The summed E-state index contributed by atoms with van der Waals surface area (Å²) in [6, 6.07) is 6.12. The number of hydrogen-bond acceptors (Lipinski definition) is 3. The molecule has 5 nitrogen and oxygen atoms in total. The minimum atomic E-state index is -4.64. The van der Waals surface area contributed by atoms with Crippen molar-refractivity contribution in [3.8, 4) is 0 Å². The number of hydrogen-bond donors (Lipinski definition) is 1. The monoisotopic (exact) mass is 422 g/mol. The highest BCUT2D eigenvalue weighted by Gasteiger charge is 2.35. The Hall–Kier alpha value is -2.68. The van der Waals surface area contributed by atoms with Gasteiger partial charge in [-0.1, -0.05) is 18.2 Å². The van der Waals surface area contributed by atoms with Crippen LogP contribution in [0.2, 0.25) is 0 Å². The molecule has 2 heterocycles. The molecule has 1 aliphatic carbocycles. The van der Waals surface area contributed by atoms with Gasteiger partial charge in [0.15, 0.2) is 5.69 Å². The van der Waals surface area contributed by atoms with E-state index < -0.39 is 17.8 Å². The summed E-state index contributed by atoms with van der Waals surface area (Å²) in [5.74, 6) is -0.911. The number of carbonyl (C=O) groups excluding carboxylic acids is 1. The number of carbonyl (C=O) groups is 1. The number of likely N-dealkylation sites (tertiary alicyclic amines) is 1. The summed E-state index contributed by atoms with van der Waals surface area (Å²) in [6.07, 6.45) is -0.470. The van der Waals surface area contributed by atoms with E-state index in [0.717, 1.165) is 37.6 Å². The number of alkyl halides is 3. The number of nitrogens with zero attached hydrogens (tertiary/aromatic N) is 3. The van der Waals surface area contributed by atoms with Crippen LogP contribution < -0.4 is 0 Å². The van der Waals surface area contributed by atoms with Gasteiger partial charge in [-0.25, -0.2) is 4.39 Å². The predicted molar refractivity (Wildman–Crippen MR) is 103 cm³/mol. The molecule has 0 saturated carbocycles. The first-order chi connectivity index (χ1) is 14.3. The second-order valence-corrected chi connectivity index (χ2v) is 7.65. The van der Waals surface area contributed by atoms with Gasteiger partial charge in [0.2, 0.25) is 0 Å². The summed E-state index contributed by atoms with van der Waals surface area (Å²) in [5.41, 5.74) is 0.603. The molecule has 0 atom stereocenters. The third kappa shape index (κ3) is 4.26. The molecule has 2 aliphatic rings. The third-order valence-corrected chi connectivity index (χ3v) is 5.61. The van der Waals surface area contributed by atoms with E-state index in [1.54, 1.807) is 6.07 Å². The predicted octanol–water partition coefficient (Wildman–Crippen LogP) is 4.03. The quantitative estimate of drug-likeness (QED) is 0.715. The van der Waals surface area contributed by atoms with Crippen molar-refractivity contribution in [2.24, 2.45) is 0 Å². The summed E-state index contributed by atoms with van der Waals surface area (Å²) in [4.78, 5) is 16.7. The topological polar surface area (TPSA) is 52.2 Å². The Morgan fingerprint density at radius 1 is 1.23 bits per heavy atom. The van der Waals surface area contributed by atoms with Gasteiger partial charge in [0, 0.05) is 31.3 Å². The molecule has 1 saturated heterocycles. The number of allylic oxidation sites excluding steroid dienone is 1. The van der Waals surface area contributed by atoms with Crippen molar-refractivity contribution in [2.45, 2.75) is 32.0 Å². The molecule has 1 aromatic carbocycles. The lowest BCUT2D eigenvalue weighted by molar-refractivity contribution is -0.141. The number of aromatic amines is 1. The van der Waals surface area contributed by atoms with Crippen LogP contribution in [-0.2, 0) is 19.1 Å². The number of nitrogens with one attached hydrogen (secondary N) is 1. The van der Waals surface area contributed by atoms with Crippen molar-refractivity contribution in [2.75, 3.05) is 26.2 Å². The number of H-pyrrole nitrogens is 1. The molecule has 1 aliphatic heterocycles. The largest absolute Gasteiger partial charge is 0.435 e. The Morgan fingerprint density at radius 2 is 2.00 bits per heavy atom. The first kappa shape index (κ1) is 20.6. The summed E-state index contributed by atoms with van der Waals surface area (Å²) in [6.45, 7) is 2.91. The number of halogens is 4. The van der Waals surface area contributed by atoms with Crippen LogP contribution >= 0.6 is 0 Å². The van der Waals surface area contributed by atoms with E-state index in [2.05, 4.69) is 15.1 Å². The lowest BCUT2D eigenvalue weighted by Gasteiger charge is -2.26. The Balaban J connectivity index is 1.58. The minimum absolute atomic E-state index is 0.109. The zero-order valence-corrected chi connectivity index (χ0v) is 16.3. The number of rotatable bonds is 6. The highest BCUT2D eigenvalue weighted by Crippen LogP contribution is 2.32. The van der Waals surface area contributed by atoms with Gasteiger partial charge in [0.1, 0.15) is 11.5 Å².